The number of hydrazine groups is 1. The van der Waals surface area contributed by atoms with Crippen molar-refractivity contribution >= 4 is 35.2 Å². The van der Waals surface area contributed by atoms with E-state index in [4.69, 9.17) is 4.74 Å². The Morgan fingerprint density at radius 1 is 1.21 bits per heavy atom. The molecule has 1 aromatic heterocycles. The molecule has 1 atom stereocenters. The molecule has 2 N–H and O–H groups in total. The van der Waals surface area contributed by atoms with E-state index >= 15 is 0 Å². The van der Waals surface area contributed by atoms with Gasteiger partial charge in [0.05, 0.1) is 0 Å². The van der Waals surface area contributed by atoms with Crippen LogP contribution in [0.2, 0.25) is 0 Å². The van der Waals surface area contributed by atoms with Crippen molar-refractivity contribution < 1.29 is 23.9 Å². The van der Waals surface area contributed by atoms with Crippen LogP contribution in [0.15, 0.2) is 47.2 Å². The first-order chi connectivity index (χ1) is 14.0. The zero-order valence-corrected chi connectivity index (χ0v) is 16.7. The van der Waals surface area contributed by atoms with Crippen LogP contribution in [0.25, 0.3) is 0 Å². The lowest BCUT2D eigenvalue weighted by atomic mass is 9.87. The lowest BCUT2D eigenvalue weighted by molar-refractivity contribution is -0.150. The van der Waals surface area contributed by atoms with E-state index in [-0.39, 0.29) is 6.42 Å². The number of rotatable bonds is 8. The van der Waals surface area contributed by atoms with Crippen molar-refractivity contribution in [3.05, 3.63) is 58.3 Å². The molecule has 9 heteroatoms. The molecule has 0 radical (unpaired) electrons. The van der Waals surface area contributed by atoms with Crippen LogP contribution in [0.3, 0.4) is 0 Å². The Balaban J connectivity index is 1.55. The molecule has 1 aromatic carbocycles. The maximum atomic E-state index is 12.9. The molecule has 0 spiro atoms. The van der Waals surface area contributed by atoms with E-state index in [9.17, 15) is 19.2 Å². The highest BCUT2D eigenvalue weighted by molar-refractivity contribution is 7.07. The van der Waals surface area contributed by atoms with Crippen LogP contribution >= 0.6 is 11.3 Å². The molecule has 1 aliphatic rings. The van der Waals surface area contributed by atoms with Crippen LogP contribution < -0.4 is 10.7 Å². The first-order valence-corrected chi connectivity index (χ1v) is 10.1. The quantitative estimate of drug-likeness (QED) is 0.508. The summed E-state index contributed by atoms with van der Waals surface area (Å²) in [6, 6.07) is 9.99. The Bertz CT molecular complexity index is 900. The van der Waals surface area contributed by atoms with Crippen LogP contribution in [-0.2, 0) is 31.1 Å². The Morgan fingerprint density at radius 2 is 1.97 bits per heavy atom. The van der Waals surface area contributed by atoms with Crippen LogP contribution in [0.5, 0.6) is 0 Å². The summed E-state index contributed by atoms with van der Waals surface area (Å²) in [6.07, 6.45) is 0.971. The Hall–Kier alpha value is -3.20. The summed E-state index contributed by atoms with van der Waals surface area (Å²) >= 11 is 1.54. The van der Waals surface area contributed by atoms with E-state index in [1.165, 1.54) is 11.3 Å². The average Bonchev–Trinajstić information content (AvgIpc) is 3.34. The molecule has 1 aliphatic heterocycles. The third kappa shape index (κ3) is 4.45. The number of ether oxygens (including phenoxy) is 1. The number of hydrogen-bond donors (Lipinski definition) is 2. The fraction of sp³-hybridized carbons (Fsp3) is 0.300. The number of benzene rings is 1. The van der Waals surface area contributed by atoms with Gasteiger partial charge in [-0.15, -0.1) is 0 Å². The number of nitrogens with zero attached hydrogens (tertiary/aromatic N) is 1. The molecule has 1 fully saturated rings. The molecule has 8 nitrogen and oxygen atoms in total. The minimum atomic E-state index is -1.25. The van der Waals surface area contributed by atoms with Gasteiger partial charge in [-0.3, -0.25) is 19.8 Å². The number of hydrogen-bond acceptors (Lipinski definition) is 6. The van der Waals surface area contributed by atoms with Gasteiger partial charge in [0.25, 0.3) is 11.8 Å². The van der Waals surface area contributed by atoms with Gasteiger partial charge in [-0.2, -0.15) is 16.3 Å². The summed E-state index contributed by atoms with van der Waals surface area (Å²) < 4.78 is 4.93. The molecular weight excluding hydrogens is 394 g/mol. The predicted octanol–water partition coefficient (Wildman–Crippen LogP) is 2.11. The number of nitrogens with one attached hydrogen (secondary N) is 2. The molecule has 152 valence electrons. The number of carbonyl (C=O) groups is 4. The second-order valence-electron chi connectivity index (χ2n) is 6.52. The molecule has 0 aliphatic carbocycles. The van der Waals surface area contributed by atoms with Gasteiger partial charge in [0, 0.05) is 6.42 Å². The summed E-state index contributed by atoms with van der Waals surface area (Å²) in [5, 5.41) is 7.14. The average molecular weight is 415 g/mol. The van der Waals surface area contributed by atoms with E-state index in [1.54, 1.807) is 37.3 Å². The Labute approximate surface area is 171 Å². The third-order valence-electron chi connectivity index (χ3n) is 4.69. The normalized spacial score (nSPS) is 18.4. The van der Waals surface area contributed by atoms with Gasteiger partial charge in [0.15, 0.2) is 6.61 Å². The molecule has 0 bridgehead atoms. The standard InChI is InChI=1S/C20H21N3O5S/c1-2-20(15-6-4-3-5-7-15)18(26)23(19(27)21-20)22-16(24)12-28-17(25)9-8-14-10-11-29-13-14/h3-7,10-11,13H,2,8-9,12H2,1H3,(H,21,27)(H,22,24)/t20-/m1/s1. The van der Waals surface area contributed by atoms with Crippen LogP contribution in [-0.4, -0.2) is 35.4 Å². The van der Waals surface area contributed by atoms with Crippen molar-refractivity contribution in [3.8, 4) is 0 Å². The summed E-state index contributed by atoms with van der Waals surface area (Å²) in [6.45, 7) is 1.19. The number of imide groups is 1. The minimum Gasteiger partial charge on any atom is -0.455 e. The largest absolute Gasteiger partial charge is 0.455 e. The molecule has 0 unspecified atom stereocenters. The fourth-order valence-corrected chi connectivity index (χ4v) is 3.80. The van der Waals surface area contributed by atoms with Gasteiger partial charge < -0.3 is 10.1 Å². The van der Waals surface area contributed by atoms with Crippen LogP contribution in [0.1, 0.15) is 30.9 Å². The first-order valence-electron chi connectivity index (χ1n) is 9.14. The highest BCUT2D eigenvalue weighted by atomic mass is 32.1. The van der Waals surface area contributed by atoms with Gasteiger partial charge in [-0.05, 0) is 40.8 Å². The van der Waals surface area contributed by atoms with E-state index in [1.807, 2.05) is 16.8 Å². The van der Waals surface area contributed by atoms with Crippen molar-refractivity contribution in [1.29, 1.82) is 0 Å². The number of esters is 1. The molecule has 2 aromatic rings. The molecule has 29 heavy (non-hydrogen) atoms. The number of amides is 4. The summed E-state index contributed by atoms with van der Waals surface area (Å²) in [7, 11) is 0. The van der Waals surface area contributed by atoms with Crippen molar-refractivity contribution in [2.45, 2.75) is 31.7 Å². The summed E-state index contributed by atoms with van der Waals surface area (Å²) in [5.74, 6) is -1.89. The second-order valence-corrected chi connectivity index (χ2v) is 7.30. The molecular formula is C20H21N3O5S. The zero-order chi connectivity index (χ0) is 20.9. The zero-order valence-electron chi connectivity index (χ0n) is 15.8. The van der Waals surface area contributed by atoms with Gasteiger partial charge in [-0.25, -0.2) is 4.79 Å². The Kier molecular flexibility index (Phi) is 6.28. The Morgan fingerprint density at radius 3 is 2.62 bits per heavy atom. The smallest absolute Gasteiger partial charge is 0.344 e. The van der Waals surface area contributed by atoms with Gasteiger partial charge in [0.1, 0.15) is 5.54 Å². The van der Waals surface area contributed by atoms with Crippen molar-refractivity contribution in [1.82, 2.24) is 15.8 Å². The topological polar surface area (TPSA) is 105 Å². The van der Waals surface area contributed by atoms with Crippen molar-refractivity contribution in [3.63, 3.8) is 0 Å². The predicted molar refractivity (Wildman–Crippen MR) is 106 cm³/mol. The lowest BCUT2D eigenvalue weighted by Crippen LogP contribution is -2.49. The van der Waals surface area contributed by atoms with Crippen molar-refractivity contribution in [2.24, 2.45) is 0 Å². The highest BCUT2D eigenvalue weighted by Gasteiger charge is 2.52. The maximum Gasteiger partial charge on any atom is 0.344 e. The van der Waals surface area contributed by atoms with Crippen molar-refractivity contribution in [2.75, 3.05) is 6.61 Å². The van der Waals surface area contributed by atoms with Gasteiger partial charge in [-0.1, -0.05) is 37.3 Å². The first kappa shape index (κ1) is 20.5. The molecule has 0 saturated carbocycles. The molecule has 2 heterocycles. The second kappa shape index (κ2) is 8.87. The van der Waals surface area contributed by atoms with E-state index in [0.717, 1.165) is 5.56 Å². The van der Waals surface area contributed by atoms with E-state index in [0.29, 0.717) is 23.4 Å². The maximum absolute atomic E-state index is 12.9. The summed E-state index contributed by atoms with van der Waals surface area (Å²) in [5.41, 5.74) is 2.62. The van der Waals surface area contributed by atoms with E-state index < -0.39 is 36.0 Å². The van der Waals surface area contributed by atoms with Gasteiger partial charge >= 0.3 is 12.0 Å². The van der Waals surface area contributed by atoms with Crippen LogP contribution in [0.4, 0.5) is 4.79 Å². The molecule has 3 rings (SSSR count). The fourth-order valence-electron chi connectivity index (χ4n) is 3.10. The minimum absolute atomic E-state index is 0.139. The van der Waals surface area contributed by atoms with Crippen LogP contribution in [0, 0.1) is 0 Å². The number of urea groups is 1. The SMILES string of the molecule is CC[C@]1(c2ccccc2)NC(=O)N(NC(=O)COC(=O)CCc2ccsc2)C1=O. The summed E-state index contributed by atoms with van der Waals surface area (Å²) in [4.78, 5) is 49.1. The third-order valence-corrected chi connectivity index (χ3v) is 5.42. The monoisotopic (exact) mass is 415 g/mol. The molecule has 1 saturated heterocycles. The van der Waals surface area contributed by atoms with Gasteiger partial charge in [0.2, 0.25) is 0 Å². The number of carbonyl (C=O) groups excluding carboxylic acids is 4. The lowest BCUT2D eigenvalue weighted by Gasteiger charge is -2.25. The number of aryl methyl sites for hydroxylation is 1. The number of thiophene rings is 1. The molecule has 4 amide bonds. The highest BCUT2D eigenvalue weighted by Crippen LogP contribution is 2.31. The van der Waals surface area contributed by atoms with E-state index in [2.05, 4.69) is 10.7 Å².